The van der Waals surface area contributed by atoms with Crippen LogP contribution in [0.15, 0.2) is 22.5 Å². The van der Waals surface area contributed by atoms with Crippen LogP contribution < -0.4 is 5.32 Å². The minimum Gasteiger partial charge on any atom is -0.466 e. The van der Waals surface area contributed by atoms with Crippen molar-refractivity contribution in [3.63, 3.8) is 0 Å². The van der Waals surface area contributed by atoms with Crippen molar-refractivity contribution in [3.8, 4) is 0 Å². The SMILES string of the molecule is COC(=O)C1=C(C)[N]C(C(=O)OC)=C(C(=O)OC)C1. The molecule has 0 amide bonds. The minimum atomic E-state index is -0.760. The zero-order chi connectivity index (χ0) is 14.6. The van der Waals surface area contributed by atoms with Gasteiger partial charge in [0.2, 0.25) is 0 Å². The molecule has 7 heteroatoms. The van der Waals surface area contributed by atoms with Crippen LogP contribution in [0.25, 0.3) is 0 Å². The highest BCUT2D eigenvalue weighted by molar-refractivity contribution is 6.03. The molecule has 0 N–H and O–H groups in total. The van der Waals surface area contributed by atoms with Crippen molar-refractivity contribution in [2.24, 2.45) is 0 Å². The number of hydrogen-bond donors (Lipinski definition) is 0. The summed E-state index contributed by atoms with van der Waals surface area (Å²) in [4.78, 5) is 34.8. The first kappa shape index (κ1) is 14.7. The number of rotatable bonds is 3. The molecule has 103 valence electrons. The normalized spacial score (nSPS) is 14.7. The quantitative estimate of drug-likeness (QED) is 0.530. The van der Waals surface area contributed by atoms with Gasteiger partial charge in [0.25, 0.3) is 0 Å². The first-order valence-electron chi connectivity index (χ1n) is 5.35. The van der Waals surface area contributed by atoms with Gasteiger partial charge in [-0.05, 0) is 6.92 Å². The van der Waals surface area contributed by atoms with Crippen molar-refractivity contribution < 1.29 is 28.6 Å². The number of nitrogens with zero attached hydrogens (tertiary/aromatic N) is 1. The molecule has 0 fully saturated rings. The van der Waals surface area contributed by atoms with Crippen molar-refractivity contribution in [1.29, 1.82) is 0 Å². The summed E-state index contributed by atoms with van der Waals surface area (Å²) in [6.07, 6.45) is -0.0842. The third-order valence-corrected chi connectivity index (χ3v) is 2.60. The Morgan fingerprint density at radius 2 is 1.37 bits per heavy atom. The van der Waals surface area contributed by atoms with Crippen LogP contribution in [-0.4, -0.2) is 39.2 Å². The molecule has 0 aromatic heterocycles. The van der Waals surface area contributed by atoms with Crippen LogP contribution in [0.5, 0.6) is 0 Å². The number of ether oxygens (including phenoxy) is 3. The maximum absolute atomic E-state index is 11.6. The molecule has 0 saturated carbocycles. The Hall–Kier alpha value is -2.31. The van der Waals surface area contributed by atoms with Gasteiger partial charge in [-0.15, -0.1) is 0 Å². The Bertz CT molecular complexity index is 488. The summed E-state index contributed by atoms with van der Waals surface area (Å²) in [7, 11) is 3.57. The van der Waals surface area contributed by atoms with Gasteiger partial charge < -0.3 is 14.2 Å². The van der Waals surface area contributed by atoms with Crippen molar-refractivity contribution in [2.75, 3.05) is 21.3 Å². The monoisotopic (exact) mass is 268 g/mol. The number of carbonyl (C=O) groups excluding carboxylic acids is 3. The third-order valence-electron chi connectivity index (χ3n) is 2.60. The van der Waals surface area contributed by atoms with Crippen molar-refractivity contribution in [3.05, 3.63) is 22.5 Å². The fraction of sp³-hybridized carbons (Fsp3) is 0.417. The average molecular weight is 268 g/mol. The van der Waals surface area contributed by atoms with Crippen LogP contribution in [0.1, 0.15) is 13.3 Å². The summed E-state index contributed by atoms with van der Waals surface area (Å²) in [5.41, 5.74) is 0.329. The van der Waals surface area contributed by atoms with Gasteiger partial charge in [-0.1, -0.05) is 0 Å². The average Bonchev–Trinajstić information content (AvgIpc) is 2.44. The molecule has 1 radical (unpaired) electrons. The minimum absolute atomic E-state index is 0.0275. The number of carbonyl (C=O) groups is 3. The second kappa shape index (κ2) is 6.03. The lowest BCUT2D eigenvalue weighted by Gasteiger charge is -2.20. The molecule has 0 aliphatic carbocycles. The molecule has 7 nitrogen and oxygen atoms in total. The number of methoxy groups -OCH3 is 3. The molecule has 0 spiro atoms. The highest BCUT2D eigenvalue weighted by atomic mass is 16.5. The topological polar surface area (TPSA) is 93.0 Å². The van der Waals surface area contributed by atoms with Crippen LogP contribution in [0, 0.1) is 0 Å². The van der Waals surface area contributed by atoms with E-state index in [-0.39, 0.29) is 23.3 Å². The summed E-state index contributed by atoms with van der Waals surface area (Å²) in [5, 5.41) is 3.94. The van der Waals surface area contributed by atoms with Crippen LogP contribution in [-0.2, 0) is 28.6 Å². The first-order chi connectivity index (χ1) is 8.96. The van der Waals surface area contributed by atoms with Gasteiger partial charge >= 0.3 is 17.9 Å². The summed E-state index contributed by atoms with van der Waals surface area (Å²) in [6, 6.07) is 0. The van der Waals surface area contributed by atoms with Gasteiger partial charge in [-0.3, -0.25) is 0 Å². The summed E-state index contributed by atoms with van der Waals surface area (Å²) in [5.74, 6) is -2.10. The third kappa shape index (κ3) is 2.93. The molecule has 1 aliphatic heterocycles. The molecule has 0 aromatic rings. The zero-order valence-electron chi connectivity index (χ0n) is 11.1. The highest BCUT2D eigenvalue weighted by Gasteiger charge is 2.32. The lowest BCUT2D eigenvalue weighted by Crippen LogP contribution is -2.28. The predicted octanol–water partition coefficient (Wildman–Crippen LogP) is 0.0416. The maximum Gasteiger partial charge on any atom is 0.357 e. The molecular formula is C12H14NO6. The molecule has 0 atom stereocenters. The second-order valence-corrected chi connectivity index (χ2v) is 3.65. The van der Waals surface area contributed by atoms with Crippen LogP contribution in [0.2, 0.25) is 0 Å². The zero-order valence-corrected chi connectivity index (χ0v) is 11.1. The largest absolute Gasteiger partial charge is 0.466 e. The van der Waals surface area contributed by atoms with Crippen LogP contribution >= 0.6 is 0 Å². The molecule has 1 heterocycles. The first-order valence-corrected chi connectivity index (χ1v) is 5.35. The smallest absolute Gasteiger partial charge is 0.357 e. The van der Waals surface area contributed by atoms with Gasteiger partial charge in [0.15, 0.2) is 5.70 Å². The van der Waals surface area contributed by atoms with E-state index in [9.17, 15) is 14.4 Å². The Morgan fingerprint density at radius 1 is 0.895 bits per heavy atom. The van der Waals surface area contributed by atoms with E-state index in [2.05, 4.69) is 19.5 Å². The number of allylic oxidation sites excluding steroid dienone is 1. The Balaban J connectivity index is 3.20. The molecule has 1 rings (SSSR count). The van der Waals surface area contributed by atoms with Crippen LogP contribution in [0.3, 0.4) is 0 Å². The van der Waals surface area contributed by atoms with E-state index in [1.165, 1.54) is 21.3 Å². The molecular weight excluding hydrogens is 254 g/mol. The maximum atomic E-state index is 11.6. The van der Waals surface area contributed by atoms with Gasteiger partial charge in [-0.25, -0.2) is 19.7 Å². The lowest BCUT2D eigenvalue weighted by atomic mass is 9.97. The van der Waals surface area contributed by atoms with Gasteiger partial charge in [0.1, 0.15) is 0 Å². The molecule has 0 unspecified atom stereocenters. The van der Waals surface area contributed by atoms with E-state index in [0.717, 1.165) is 0 Å². The molecule has 0 aromatic carbocycles. The van der Waals surface area contributed by atoms with E-state index in [0.29, 0.717) is 5.70 Å². The number of hydrogen-bond acceptors (Lipinski definition) is 6. The van der Waals surface area contributed by atoms with E-state index < -0.39 is 17.9 Å². The summed E-state index contributed by atoms with van der Waals surface area (Å²) < 4.78 is 13.7. The molecule has 0 saturated heterocycles. The van der Waals surface area contributed by atoms with Crippen molar-refractivity contribution >= 4 is 17.9 Å². The van der Waals surface area contributed by atoms with Gasteiger partial charge in [-0.2, -0.15) is 0 Å². The van der Waals surface area contributed by atoms with Crippen molar-refractivity contribution in [2.45, 2.75) is 13.3 Å². The molecule has 1 aliphatic rings. The summed E-state index contributed by atoms with van der Waals surface area (Å²) >= 11 is 0. The standard InChI is InChI=1S/C12H14NO6/c1-6-7(10(14)17-2)5-8(11(15)18-3)9(13-6)12(16)19-4/h5H2,1-4H3. The lowest BCUT2D eigenvalue weighted by molar-refractivity contribution is -0.140. The Kier molecular flexibility index (Phi) is 4.68. The van der Waals surface area contributed by atoms with E-state index in [4.69, 9.17) is 0 Å². The number of esters is 3. The van der Waals surface area contributed by atoms with Gasteiger partial charge in [0.05, 0.1) is 32.5 Å². The fourth-order valence-electron chi connectivity index (χ4n) is 1.59. The van der Waals surface area contributed by atoms with Crippen LogP contribution in [0.4, 0.5) is 0 Å². The van der Waals surface area contributed by atoms with E-state index in [1.807, 2.05) is 0 Å². The fourth-order valence-corrected chi connectivity index (χ4v) is 1.59. The Morgan fingerprint density at radius 3 is 1.84 bits per heavy atom. The van der Waals surface area contributed by atoms with E-state index in [1.54, 1.807) is 6.92 Å². The van der Waals surface area contributed by atoms with Crippen molar-refractivity contribution in [1.82, 2.24) is 5.32 Å². The van der Waals surface area contributed by atoms with Gasteiger partial charge in [0, 0.05) is 12.1 Å². The molecule has 19 heavy (non-hydrogen) atoms. The predicted molar refractivity (Wildman–Crippen MR) is 62.5 cm³/mol. The Labute approximate surface area is 110 Å². The second-order valence-electron chi connectivity index (χ2n) is 3.65. The highest BCUT2D eigenvalue weighted by Crippen LogP contribution is 2.26. The summed E-state index contributed by atoms with van der Waals surface area (Å²) in [6.45, 7) is 1.54. The molecule has 0 bridgehead atoms. The van der Waals surface area contributed by atoms with E-state index >= 15 is 0 Å².